The summed E-state index contributed by atoms with van der Waals surface area (Å²) in [5.41, 5.74) is 6.88. The number of rotatable bonds is 9. The minimum atomic E-state index is 0.786. The van der Waals surface area contributed by atoms with E-state index in [4.69, 9.17) is 10.5 Å². The maximum absolute atomic E-state index is 5.63. The lowest BCUT2D eigenvalue weighted by Gasteiger charge is -2.21. The highest BCUT2D eigenvalue weighted by Crippen LogP contribution is 2.20. The molecule has 0 spiro atoms. The monoisotopic (exact) mass is 264 g/mol. The van der Waals surface area contributed by atoms with Crippen LogP contribution in [0.5, 0.6) is 5.75 Å². The van der Waals surface area contributed by atoms with Crippen molar-refractivity contribution in [1.29, 1.82) is 0 Å². The van der Waals surface area contributed by atoms with E-state index in [-0.39, 0.29) is 0 Å². The number of nitrogens with zero attached hydrogens (tertiary/aromatic N) is 1. The average Bonchev–Trinajstić information content (AvgIpc) is 2.46. The van der Waals surface area contributed by atoms with Crippen LogP contribution in [0.15, 0.2) is 24.3 Å². The Morgan fingerprint density at radius 1 is 1.21 bits per heavy atom. The molecule has 0 saturated heterocycles. The van der Waals surface area contributed by atoms with Gasteiger partial charge in [-0.3, -0.25) is 0 Å². The van der Waals surface area contributed by atoms with Gasteiger partial charge < -0.3 is 15.4 Å². The number of benzene rings is 1. The summed E-state index contributed by atoms with van der Waals surface area (Å²) >= 11 is 0. The molecular formula is C16H28N2O. The molecule has 1 unspecified atom stereocenters. The molecule has 0 fully saturated rings. The predicted molar refractivity (Wildman–Crippen MR) is 83.0 cm³/mol. The molecule has 0 bridgehead atoms. The molecule has 0 radical (unpaired) electrons. The van der Waals surface area contributed by atoms with Crippen LogP contribution >= 0.6 is 0 Å². The van der Waals surface area contributed by atoms with Crippen molar-refractivity contribution >= 4 is 5.69 Å². The second kappa shape index (κ2) is 8.81. The van der Waals surface area contributed by atoms with Crippen LogP contribution in [0.1, 0.15) is 32.6 Å². The van der Waals surface area contributed by atoms with E-state index in [9.17, 15) is 0 Å². The van der Waals surface area contributed by atoms with Gasteiger partial charge in [-0.2, -0.15) is 0 Å². The van der Waals surface area contributed by atoms with E-state index >= 15 is 0 Å². The van der Waals surface area contributed by atoms with Crippen molar-refractivity contribution in [2.75, 3.05) is 32.1 Å². The summed E-state index contributed by atoms with van der Waals surface area (Å²) < 4.78 is 5.17. The van der Waals surface area contributed by atoms with Crippen molar-refractivity contribution in [1.82, 2.24) is 0 Å². The predicted octanol–water partition coefficient (Wildman–Crippen LogP) is 3.29. The number of methoxy groups -OCH3 is 1. The van der Waals surface area contributed by atoms with Crippen LogP contribution in [-0.4, -0.2) is 27.2 Å². The molecule has 1 rings (SSSR count). The van der Waals surface area contributed by atoms with Gasteiger partial charge in [-0.15, -0.1) is 0 Å². The third-order valence-corrected chi connectivity index (χ3v) is 3.77. The van der Waals surface area contributed by atoms with E-state index in [0.717, 1.165) is 31.2 Å². The second-order valence-electron chi connectivity index (χ2n) is 5.11. The van der Waals surface area contributed by atoms with E-state index in [1.165, 1.54) is 24.9 Å². The topological polar surface area (TPSA) is 38.5 Å². The molecule has 0 aliphatic rings. The van der Waals surface area contributed by atoms with Gasteiger partial charge in [0.1, 0.15) is 5.75 Å². The first kappa shape index (κ1) is 15.8. The zero-order valence-electron chi connectivity index (χ0n) is 12.6. The number of nitrogens with two attached hydrogens (primary N) is 1. The zero-order chi connectivity index (χ0) is 14.1. The Morgan fingerprint density at radius 3 is 2.42 bits per heavy atom. The maximum atomic E-state index is 5.63. The molecule has 1 atom stereocenters. The fourth-order valence-corrected chi connectivity index (χ4v) is 2.37. The molecule has 108 valence electrons. The second-order valence-corrected chi connectivity index (χ2v) is 5.11. The molecule has 0 aliphatic carbocycles. The SMILES string of the molecule is CCC(CCN)CCCN(C)c1ccc(OC)cc1. The average molecular weight is 264 g/mol. The lowest BCUT2D eigenvalue weighted by atomic mass is 9.96. The Morgan fingerprint density at radius 2 is 1.89 bits per heavy atom. The summed E-state index contributed by atoms with van der Waals surface area (Å²) in [6.07, 6.45) is 4.89. The highest BCUT2D eigenvalue weighted by molar-refractivity contribution is 5.48. The van der Waals surface area contributed by atoms with Crippen LogP contribution in [0.3, 0.4) is 0 Å². The van der Waals surface area contributed by atoms with Crippen molar-refractivity contribution < 1.29 is 4.74 Å². The molecule has 0 saturated carbocycles. The molecule has 3 heteroatoms. The van der Waals surface area contributed by atoms with Crippen LogP contribution < -0.4 is 15.4 Å². The maximum Gasteiger partial charge on any atom is 0.119 e. The molecule has 1 aromatic carbocycles. The van der Waals surface area contributed by atoms with Gasteiger partial charge in [-0.05, 0) is 56.0 Å². The molecule has 1 aromatic rings. The Bertz CT molecular complexity index is 337. The first-order chi connectivity index (χ1) is 9.21. The van der Waals surface area contributed by atoms with Crippen molar-refractivity contribution in [2.45, 2.75) is 32.6 Å². The molecule has 2 N–H and O–H groups in total. The van der Waals surface area contributed by atoms with Crippen molar-refractivity contribution in [2.24, 2.45) is 11.7 Å². The summed E-state index contributed by atoms with van der Waals surface area (Å²) in [6.45, 7) is 4.16. The number of anilines is 1. The van der Waals surface area contributed by atoms with Crippen molar-refractivity contribution in [3.63, 3.8) is 0 Å². The lowest BCUT2D eigenvalue weighted by Crippen LogP contribution is -2.19. The fraction of sp³-hybridized carbons (Fsp3) is 0.625. The number of hydrogen-bond donors (Lipinski definition) is 1. The van der Waals surface area contributed by atoms with Gasteiger partial charge in [-0.25, -0.2) is 0 Å². The van der Waals surface area contributed by atoms with Crippen LogP contribution in [0.4, 0.5) is 5.69 Å². The molecule has 0 aliphatic heterocycles. The van der Waals surface area contributed by atoms with Gasteiger partial charge in [0, 0.05) is 19.3 Å². The first-order valence-corrected chi connectivity index (χ1v) is 7.26. The molecule has 0 amide bonds. The van der Waals surface area contributed by atoms with Gasteiger partial charge in [0.15, 0.2) is 0 Å². The molecule has 3 nitrogen and oxygen atoms in total. The fourth-order valence-electron chi connectivity index (χ4n) is 2.37. The highest BCUT2D eigenvalue weighted by Gasteiger charge is 2.06. The summed E-state index contributed by atoms with van der Waals surface area (Å²) in [4.78, 5) is 2.30. The highest BCUT2D eigenvalue weighted by atomic mass is 16.5. The molecule has 19 heavy (non-hydrogen) atoms. The Labute approximate surface area is 117 Å². The van der Waals surface area contributed by atoms with Crippen LogP contribution in [0, 0.1) is 5.92 Å². The Kier molecular flexibility index (Phi) is 7.34. The summed E-state index contributed by atoms with van der Waals surface area (Å²) in [5.74, 6) is 1.69. The first-order valence-electron chi connectivity index (χ1n) is 7.26. The minimum Gasteiger partial charge on any atom is -0.497 e. The van der Waals surface area contributed by atoms with Crippen molar-refractivity contribution in [3.8, 4) is 5.75 Å². The smallest absolute Gasteiger partial charge is 0.119 e. The minimum absolute atomic E-state index is 0.786. The van der Waals surface area contributed by atoms with Gasteiger partial charge in [0.05, 0.1) is 7.11 Å². The van der Waals surface area contributed by atoms with Crippen LogP contribution in [-0.2, 0) is 0 Å². The zero-order valence-corrected chi connectivity index (χ0v) is 12.6. The molecule has 0 heterocycles. The third kappa shape index (κ3) is 5.52. The largest absolute Gasteiger partial charge is 0.497 e. The number of ether oxygens (including phenoxy) is 1. The van der Waals surface area contributed by atoms with Gasteiger partial charge in [0.2, 0.25) is 0 Å². The van der Waals surface area contributed by atoms with Gasteiger partial charge >= 0.3 is 0 Å². The Hall–Kier alpha value is -1.22. The van der Waals surface area contributed by atoms with E-state index < -0.39 is 0 Å². The standard InChI is InChI=1S/C16H28N2O/c1-4-14(11-12-17)6-5-13-18(2)15-7-9-16(19-3)10-8-15/h7-10,14H,4-6,11-13,17H2,1-3H3. The lowest BCUT2D eigenvalue weighted by molar-refractivity contribution is 0.414. The quantitative estimate of drug-likeness (QED) is 0.744. The van der Waals surface area contributed by atoms with E-state index in [2.05, 4.69) is 31.0 Å². The van der Waals surface area contributed by atoms with Gasteiger partial charge in [-0.1, -0.05) is 13.3 Å². The van der Waals surface area contributed by atoms with Crippen molar-refractivity contribution in [3.05, 3.63) is 24.3 Å². The summed E-state index contributed by atoms with van der Waals surface area (Å²) in [7, 11) is 3.84. The van der Waals surface area contributed by atoms with Crippen LogP contribution in [0.25, 0.3) is 0 Å². The summed E-state index contributed by atoms with van der Waals surface area (Å²) in [6, 6.07) is 8.23. The molecule has 0 aromatic heterocycles. The normalized spacial score (nSPS) is 12.2. The molecular weight excluding hydrogens is 236 g/mol. The van der Waals surface area contributed by atoms with E-state index in [1.54, 1.807) is 7.11 Å². The summed E-state index contributed by atoms with van der Waals surface area (Å²) in [5, 5.41) is 0. The van der Waals surface area contributed by atoms with Gasteiger partial charge in [0.25, 0.3) is 0 Å². The number of hydrogen-bond acceptors (Lipinski definition) is 3. The third-order valence-electron chi connectivity index (χ3n) is 3.77. The van der Waals surface area contributed by atoms with E-state index in [0.29, 0.717) is 0 Å². The van der Waals surface area contributed by atoms with E-state index in [1.807, 2.05) is 12.1 Å². The van der Waals surface area contributed by atoms with Crippen LogP contribution in [0.2, 0.25) is 0 Å². The Balaban J connectivity index is 2.35.